The number of hydrogen-bond donors (Lipinski definition) is 1. The predicted octanol–water partition coefficient (Wildman–Crippen LogP) is 3.68. The highest BCUT2D eigenvalue weighted by atomic mass is 19.4. The van der Waals surface area contributed by atoms with Crippen molar-refractivity contribution >= 4 is 5.69 Å². The van der Waals surface area contributed by atoms with Crippen LogP contribution in [-0.4, -0.2) is 39.0 Å². The van der Waals surface area contributed by atoms with E-state index in [1.54, 1.807) is 0 Å². The van der Waals surface area contributed by atoms with Crippen LogP contribution in [0, 0.1) is 0 Å². The number of nitrogens with one attached hydrogen (secondary N) is 1. The highest BCUT2D eigenvalue weighted by Gasteiger charge is 2.33. The molecule has 0 spiro atoms. The molecule has 1 aromatic carbocycles. The number of ether oxygens (including phenoxy) is 1. The number of piperazine rings is 1. The van der Waals surface area contributed by atoms with Gasteiger partial charge in [-0.25, -0.2) is 0 Å². The third-order valence-electron chi connectivity index (χ3n) is 4.34. The largest absolute Gasteiger partial charge is 0.489 e. The van der Waals surface area contributed by atoms with Crippen molar-refractivity contribution in [2.75, 3.05) is 37.7 Å². The Hall–Kier alpha value is -1.95. The minimum atomic E-state index is -4.22. The molecule has 2 aliphatic rings. The van der Waals surface area contributed by atoms with Crippen molar-refractivity contribution in [2.45, 2.75) is 19.0 Å². The van der Waals surface area contributed by atoms with E-state index >= 15 is 0 Å². The molecular weight excluding hydrogens is 317 g/mol. The maximum Gasteiger partial charge on any atom is 0.412 e. The molecule has 1 heterocycles. The topological polar surface area (TPSA) is 24.5 Å². The molecule has 24 heavy (non-hydrogen) atoms. The molecule has 1 saturated heterocycles. The summed E-state index contributed by atoms with van der Waals surface area (Å²) < 4.78 is 43.4. The van der Waals surface area contributed by atoms with Crippen LogP contribution in [0.3, 0.4) is 0 Å². The van der Waals surface area contributed by atoms with Crippen molar-refractivity contribution < 1.29 is 17.9 Å². The average molecular weight is 338 g/mol. The second-order valence-electron chi connectivity index (χ2n) is 6.03. The van der Waals surface area contributed by atoms with Crippen LogP contribution in [0.2, 0.25) is 0 Å². The number of rotatable bonds is 4. The third kappa shape index (κ3) is 4.32. The van der Waals surface area contributed by atoms with E-state index in [2.05, 4.69) is 10.2 Å². The molecule has 6 heteroatoms. The number of alkyl halides is 3. The maximum absolute atomic E-state index is 12.6. The van der Waals surface area contributed by atoms with Gasteiger partial charge in [-0.15, -0.1) is 0 Å². The Morgan fingerprint density at radius 3 is 2.29 bits per heavy atom. The summed E-state index contributed by atoms with van der Waals surface area (Å²) in [6, 6.07) is 7.88. The Morgan fingerprint density at radius 1 is 1.00 bits per heavy atom. The smallest absolute Gasteiger partial charge is 0.412 e. The Morgan fingerprint density at radius 2 is 1.71 bits per heavy atom. The number of hydrogen-bond acceptors (Lipinski definition) is 3. The Labute approximate surface area is 139 Å². The van der Waals surface area contributed by atoms with E-state index in [0.29, 0.717) is 13.0 Å². The number of benzene rings is 1. The van der Waals surface area contributed by atoms with Gasteiger partial charge in [0, 0.05) is 37.4 Å². The molecule has 130 valence electrons. The summed E-state index contributed by atoms with van der Waals surface area (Å²) >= 11 is 0. The van der Waals surface area contributed by atoms with Gasteiger partial charge in [0.15, 0.2) is 0 Å². The lowest BCUT2D eigenvalue weighted by molar-refractivity contribution is -0.0941. The van der Waals surface area contributed by atoms with E-state index in [1.165, 1.54) is 11.8 Å². The van der Waals surface area contributed by atoms with E-state index in [9.17, 15) is 13.2 Å². The van der Waals surface area contributed by atoms with Crippen LogP contribution in [0.1, 0.15) is 12.8 Å². The van der Waals surface area contributed by atoms with Gasteiger partial charge < -0.3 is 15.0 Å². The molecule has 0 saturated carbocycles. The van der Waals surface area contributed by atoms with Gasteiger partial charge in [0.25, 0.3) is 0 Å². The van der Waals surface area contributed by atoms with E-state index in [4.69, 9.17) is 4.74 Å². The van der Waals surface area contributed by atoms with Crippen molar-refractivity contribution in [3.8, 4) is 5.75 Å². The normalized spacial score (nSPS) is 18.9. The van der Waals surface area contributed by atoms with Gasteiger partial charge in [-0.1, -0.05) is 12.2 Å². The van der Waals surface area contributed by atoms with Gasteiger partial charge in [-0.2, -0.15) is 13.2 Å². The molecule has 0 atom stereocenters. The molecule has 3 rings (SSSR count). The first kappa shape index (κ1) is 16.9. The van der Waals surface area contributed by atoms with Crippen molar-refractivity contribution in [1.29, 1.82) is 0 Å². The number of halogens is 3. The molecule has 0 unspecified atom stereocenters. The second-order valence-corrected chi connectivity index (χ2v) is 6.03. The minimum Gasteiger partial charge on any atom is -0.489 e. The summed E-state index contributed by atoms with van der Waals surface area (Å²) in [5, 5.41) is 3.32. The molecule has 1 fully saturated rings. The molecule has 0 bridgehead atoms. The number of anilines is 1. The summed E-state index contributed by atoms with van der Waals surface area (Å²) in [5.41, 5.74) is 1.58. The van der Waals surface area contributed by atoms with Gasteiger partial charge >= 0.3 is 6.18 Å². The first-order valence-electron chi connectivity index (χ1n) is 8.17. The summed E-state index contributed by atoms with van der Waals surface area (Å²) in [4.78, 5) is 2.31. The monoisotopic (exact) mass is 338 g/mol. The first-order chi connectivity index (χ1) is 11.5. The van der Waals surface area contributed by atoms with Crippen molar-refractivity contribution in [3.63, 3.8) is 0 Å². The second kappa shape index (κ2) is 7.30. The summed E-state index contributed by atoms with van der Waals surface area (Å²) in [6.45, 7) is 4.27. The fourth-order valence-electron chi connectivity index (χ4n) is 2.89. The van der Waals surface area contributed by atoms with E-state index < -0.39 is 11.7 Å². The molecule has 0 amide bonds. The quantitative estimate of drug-likeness (QED) is 0.906. The van der Waals surface area contributed by atoms with Gasteiger partial charge in [0.2, 0.25) is 0 Å². The Kier molecular flexibility index (Phi) is 5.14. The lowest BCUT2D eigenvalue weighted by Crippen LogP contribution is -2.43. The fourth-order valence-corrected chi connectivity index (χ4v) is 2.89. The molecule has 3 nitrogen and oxygen atoms in total. The number of nitrogens with zero attached hydrogens (tertiary/aromatic N) is 1. The maximum atomic E-state index is 12.6. The van der Waals surface area contributed by atoms with Crippen molar-refractivity contribution in [2.24, 2.45) is 0 Å². The molecule has 1 N–H and O–H groups in total. The Balaban J connectivity index is 1.54. The van der Waals surface area contributed by atoms with Crippen molar-refractivity contribution in [3.05, 3.63) is 47.6 Å². The van der Waals surface area contributed by atoms with E-state index in [1.807, 2.05) is 24.3 Å². The molecule has 1 aromatic rings. The molecular formula is C18H21F3N2O. The summed E-state index contributed by atoms with van der Waals surface area (Å²) in [7, 11) is 0. The fraction of sp³-hybridized carbons (Fsp3) is 0.444. The van der Waals surface area contributed by atoms with E-state index in [-0.39, 0.29) is 6.42 Å². The van der Waals surface area contributed by atoms with Gasteiger partial charge in [-0.05, 0) is 42.7 Å². The zero-order valence-electron chi connectivity index (χ0n) is 13.4. The Bertz CT molecular complexity index is 614. The van der Waals surface area contributed by atoms with Crippen LogP contribution in [0.25, 0.3) is 0 Å². The minimum absolute atomic E-state index is 0.0284. The lowest BCUT2D eigenvalue weighted by atomic mass is 9.98. The molecule has 0 radical (unpaired) electrons. The number of allylic oxidation sites excluding steroid dienone is 3. The average Bonchev–Trinajstić information content (AvgIpc) is 2.61. The lowest BCUT2D eigenvalue weighted by Gasteiger charge is -2.29. The summed E-state index contributed by atoms with van der Waals surface area (Å²) in [5.74, 6) is 0.736. The third-order valence-corrected chi connectivity index (χ3v) is 4.34. The SMILES string of the molecule is FC(F)(F)C1=CC=C(COc2ccc(N3CCNCC3)cc2)CC1. The highest BCUT2D eigenvalue weighted by Crippen LogP contribution is 2.33. The highest BCUT2D eigenvalue weighted by molar-refractivity contribution is 5.49. The van der Waals surface area contributed by atoms with Crippen molar-refractivity contribution in [1.82, 2.24) is 5.32 Å². The molecule has 0 aromatic heterocycles. The van der Waals surface area contributed by atoms with Crippen LogP contribution in [0.5, 0.6) is 5.75 Å². The zero-order valence-corrected chi connectivity index (χ0v) is 13.4. The van der Waals surface area contributed by atoms with E-state index in [0.717, 1.165) is 43.6 Å². The molecule has 1 aliphatic heterocycles. The van der Waals surface area contributed by atoms with Crippen LogP contribution in [0.15, 0.2) is 47.6 Å². The zero-order chi connectivity index (χ0) is 17.0. The van der Waals surface area contributed by atoms with Crippen LogP contribution in [0.4, 0.5) is 18.9 Å². The summed E-state index contributed by atoms with van der Waals surface area (Å²) in [6.07, 6.45) is -1.11. The van der Waals surface area contributed by atoms with Crippen LogP contribution in [-0.2, 0) is 0 Å². The van der Waals surface area contributed by atoms with Gasteiger partial charge in [0.05, 0.1) is 0 Å². The first-order valence-corrected chi connectivity index (χ1v) is 8.17. The van der Waals surface area contributed by atoms with Crippen LogP contribution >= 0.6 is 0 Å². The van der Waals surface area contributed by atoms with Crippen LogP contribution < -0.4 is 15.0 Å². The van der Waals surface area contributed by atoms with Gasteiger partial charge in [0.1, 0.15) is 12.4 Å². The molecule has 1 aliphatic carbocycles. The standard InChI is InChI=1S/C18H21F3N2O/c19-18(20,21)15-3-1-14(2-4-15)13-24-17-7-5-16(6-8-17)23-11-9-22-10-12-23/h1,3,5-8,22H,2,4,9-13H2. The van der Waals surface area contributed by atoms with Gasteiger partial charge in [-0.3, -0.25) is 0 Å². The predicted molar refractivity (Wildman–Crippen MR) is 88.5 cm³/mol.